The van der Waals surface area contributed by atoms with Crippen molar-refractivity contribution >= 4 is 17.6 Å². The Kier molecular flexibility index (Phi) is 9.83. The standard InChI is InChI=1S/C21H32FNO4/c1-4-6-8-10-14-27-20(25)21(3,19(24)26-13-9-7-5-2)16-11-12-18(23)17(22)15-16/h11-12,15H,4-10,13-14,23H2,1-3H3. The molecule has 0 spiro atoms. The number of carbonyl (C=O) groups is 2. The molecule has 152 valence electrons. The summed E-state index contributed by atoms with van der Waals surface area (Å²) in [6.07, 6.45) is 6.40. The molecule has 1 aromatic rings. The lowest BCUT2D eigenvalue weighted by Gasteiger charge is -2.26. The maximum Gasteiger partial charge on any atom is 0.327 e. The number of anilines is 1. The minimum Gasteiger partial charge on any atom is -0.465 e. The molecule has 6 heteroatoms. The second-order valence-electron chi connectivity index (χ2n) is 6.90. The third kappa shape index (κ3) is 6.52. The van der Waals surface area contributed by atoms with E-state index in [1.165, 1.54) is 19.1 Å². The first-order chi connectivity index (χ1) is 12.9. The summed E-state index contributed by atoms with van der Waals surface area (Å²) in [4.78, 5) is 25.5. The Hall–Kier alpha value is -2.11. The van der Waals surface area contributed by atoms with Crippen LogP contribution in [0.25, 0.3) is 0 Å². The van der Waals surface area contributed by atoms with Crippen molar-refractivity contribution in [2.24, 2.45) is 0 Å². The average molecular weight is 381 g/mol. The van der Waals surface area contributed by atoms with E-state index >= 15 is 0 Å². The van der Waals surface area contributed by atoms with Crippen molar-refractivity contribution in [2.45, 2.75) is 71.1 Å². The fraction of sp³-hybridized carbons (Fsp3) is 0.619. The molecule has 0 aliphatic rings. The van der Waals surface area contributed by atoms with Gasteiger partial charge in [0.2, 0.25) is 0 Å². The molecular formula is C21H32FNO4. The number of ether oxygens (including phenoxy) is 2. The summed E-state index contributed by atoms with van der Waals surface area (Å²) >= 11 is 0. The number of esters is 2. The summed E-state index contributed by atoms with van der Waals surface area (Å²) in [6, 6.07) is 3.90. The maximum absolute atomic E-state index is 14.0. The number of hydrogen-bond donors (Lipinski definition) is 1. The highest BCUT2D eigenvalue weighted by Gasteiger charge is 2.46. The molecule has 0 radical (unpaired) electrons. The van der Waals surface area contributed by atoms with E-state index in [1.807, 2.05) is 6.92 Å². The predicted octanol–water partition coefficient (Wildman–Crippen LogP) is 4.52. The Balaban J connectivity index is 2.95. The van der Waals surface area contributed by atoms with Crippen LogP contribution in [-0.2, 0) is 24.5 Å². The topological polar surface area (TPSA) is 78.6 Å². The molecule has 0 aromatic heterocycles. The minimum atomic E-state index is -1.73. The zero-order valence-electron chi connectivity index (χ0n) is 16.7. The lowest BCUT2D eigenvalue weighted by atomic mass is 9.82. The predicted molar refractivity (Wildman–Crippen MR) is 104 cm³/mol. The van der Waals surface area contributed by atoms with Crippen molar-refractivity contribution in [3.05, 3.63) is 29.6 Å². The highest BCUT2D eigenvalue weighted by Crippen LogP contribution is 2.30. The van der Waals surface area contributed by atoms with Gasteiger partial charge in [-0.3, -0.25) is 9.59 Å². The first kappa shape index (κ1) is 22.9. The SMILES string of the molecule is CCCCCCOC(=O)C(C)(C(=O)OCCCCC)c1ccc(N)c(F)c1. The molecule has 2 N–H and O–H groups in total. The third-order valence-electron chi connectivity index (χ3n) is 4.61. The number of benzene rings is 1. The largest absolute Gasteiger partial charge is 0.465 e. The molecule has 0 saturated heterocycles. The van der Waals surface area contributed by atoms with Crippen LogP contribution >= 0.6 is 0 Å². The molecular weight excluding hydrogens is 349 g/mol. The molecule has 0 amide bonds. The molecule has 0 aliphatic carbocycles. The van der Waals surface area contributed by atoms with Gasteiger partial charge in [0.05, 0.1) is 18.9 Å². The first-order valence-electron chi connectivity index (χ1n) is 9.77. The zero-order valence-corrected chi connectivity index (χ0v) is 16.7. The van der Waals surface area contributed by atoms with Crippen LogP contribution in [0.3, 0.4) is 0 Å². The number of nitrogen functional groups attached to an aromatic ring is 1. The number of unbranched alkanes of at least 4 members (excludes halogenated alkanes) is 5. The second kappa shape index (κ2) is 11.6. The van der Waals surface area contributed by atoms with Gasteiger partial charge in [0.15, 0.2) is 5.41 Å². The van der Waals surface area contributed by atoms with Crippen molar-refractivity contribution in [3.8, 4) is 0 Å². The highest BCUT2D eigenvalue weighted by atomic mass is 19.1. The van der Waals surface area contributed by atoms with Crippen LogP contribution in [0, 0.1) is 5.82 Å². The molecule has 0 fully saturated rings. The Bertz CT molecular complexity index is 620. The van der Waals surface area contributed by atoms with Gasteiger partial charge in [-0.2, -0.15) is 0 Å². The number of hydrogen-bond acceptors (Lipinski definition) is 5. The van der Waals surface area contributed by atoms with Crippen LogP contribution in [0.15, 0.2) is 18.2 Å². The van der Waals surface area contributed by atoms with Crippen LogP contribution in [-0.4, -0.2) is 25.2 Å². The van der Waals surface area contributed by atoms with Gasteiger partial charge in [0.1, 0.15) is 5.82 Å². The van der Waals surface area contributed by atoms with Gasteiger partial charge in [-0.1, -0.05) is 52.0 Å². The van der Waals surface area contributed by atoms with Crippen LogP contribution in [0.1, 0.15) is 71.3 Å². The normalized spacial score (nSPS) is 13.0. The molecule has 0 aliphatic heterocycles. The zero-order chi connectivity index (χ0) is 20.3. The van der Waals surface area contributed by atoms with E-state index < -0.39 is 23.2 Å². The van der Waals surface area contributed by atoms with E-state index in [4.69, 9.17) is 15.2 Å². The van der Waals surface area contributed by atoms with Crippen LogP contribution in [0.5, 0.6) is 0 Å². The number of carbonyl (C=O) groups excluding carboxylic acids is 2. The van der Waals surface area contributed by atoms with Crippen LogP contribution in [0.4, 0.5) is 10.1 Å². The fourth-order valence-electron chi connectivity index (χ4n) is 2.66. The molecule has 0 heterocycles. The van der Waals surface area contributed by atoms with Crippen molar-refractivity contribution < 1.29 is 23.5 Å². The molecule has 1 unspecified atom stereocenters. The summed E-state index contributed by atoms with van der Waals surface area (Å²) < 4.78 is 24.6. The van der Waals surface area contributed by atoms with E-state index in [2.05, 4.69) is 6.92 Å². The summed E-state index contributed by atoms with van der Waals surface area (Å²) in [5, 5.41) is 0. The summed E-state index contributed by atoms with van der Waals surface area (Å²) in [5.41, 5.74) is 3.91. The fourth-order valence-corrected chi connectivity index (χ4v) is 2.66. The van der Waals surface area contributed by atoms with Gasteiger partial charge in [-0.25, -0.2) is 4.39 Å². The van der Waals surface area contributed by atoms with Crippen molar-refractivity contribution in [1.29, 1.82) is 0 Å². The number of rotatable bonds is 12. The van der Waals surface area contributed by atoms with Crippen LogP contribution < -0.4 is 5.73 Å². The van der Waals surface area contributed by atoms with E-state index in [9.17, 15) is 14.0 Å². The lowest BCUT2D eigenvalue weighted by Crippen LogP contribution is -2.44. The minimum absolute atomic E-state index is 0.0506. The van der Waals surface area contributed by atoms with Gasteiger partial charge in [-0.05, 0) is 37.5 Å². The van der Waals surface area contributed by atoms with E-state index in [1.54, 1.807) is 0 Å². The molecule has 1 rings (SSSR count). The molecule has 27 heavy (non-hydrogen) atoms. The number of nitrogens with two attached hydrogens (primary N) is 1. The third-order valence-corrected chi connectivity index (χ3v) is 4.61. The summed E-state index contributed by atoms with van der Waals surface area (Å²) in [5.74, 6) is -2.15. The Morgan fingerprint density at radius 3 is 2.00 bits per heavy atom. The average Bonchev–Trinajstić information content (AvgIpc) is 2.66. The van der Waals surface area contributed by atoms with Gasteiger partial charge in [-0.15, -0.1) is 0 Å². The molecule has 5 nitrogen and oxygen atoms in total. The van der Waals surface area contributed by atoms with Gasteiger partial charge in [0, 0.05) is 0 Å². The Labute approximate surface area is 161 Å². The van der Waals surface area contributed by atoms with Gasteiger partial charge < -0.3 is 15.2 Å². The smallest absolute Gasteiger partial charge is 0.327 e. The molecule has 0 bridgehead atoms. The first-order valence-corrected chi connectivity index (χ1v) is 9.77. The summed E-state index contributed by atoms with van der Waals surface area (Å²) in [7, 11) is 0. The Morgan fingerprint density at radius 1 is 0.963 bits per heavy atom. The van der Waals surface area contributed by atoms with E-state index in [0.717, 1.165) is 44.6 Å². The van der Waals surface area contributed by atoms with Gasteiger partial charge in [0.25, 0.3) is 0 Å². The van der Waals surface area contributed by atoms with E-state index in [0.29, 0.717) is 6.42 Å². The summed E-state index contributed by atoms with van der Waals surface area (Å²) in [6.45, 7) is 5.97. The molecule has 0 saturated carbocycles. The van der Waals surface area contributed by atoms with Gasteiger partial charge >= 0.3 is 11.9 Å². The lowest BCUT2D eigenvalue weighted by molar-refractivity contribution is -0.164. The maximum atomic E-state index is 14.0. The monoisotopic (exact) mass is 381 g/mol. The van der Waals surface area contributed by atoms with Crippen LogP contribution in [0.2, 0.25) is 0 Å². The van der Waals surface area contributed by atoms with E-state index in [-0.39, 0.29) is 24.5 Å². The van der Waals surface area contributed by atoms with Crippen molar-refractivity contribution in [2.75, 3.05) is 18.9 Å². The molecule has 1 atom stereocenters. The highest BCUT2D eigenvalue weighted by molar-refractivity contribution is 6.06. The quantitative estimate of drug-likeness (QED) is 0.249. The van der Waals surface area contributed by atoms with Crippen molar-refractivity contribution in [1.82, 2.24) is 0 Å². The second-order valence-corrected chi connectivity index (χ2v) is 6.90. The van der Waals surface area contributed by atoms with Crippen molar-refractivity contribution in [3.63, 3.8) is 0 Å². The number of halogens is 1. The molecule has 1 aromatic carbocycles. The Morgan fingerprint density at radius 2 is 1.48 bits per heavy atom.